The van der Waals surface area contributed by atoms with Crippen LogP contribution in [-0.2, 0) is 17.6 Å². The van der Waals surface area contributed by atoms with Crippen LogP contribution in [0.5, 0.6) is 5.75 Å². The van der Waals surface area contributed by atoms with Gasteiger partial charge in [0.2, 0.25) is 0 Å². The fourth-order valence-corrected chi connectivity index (χ4v) is 6.20. The Balaban J connectivity index is 0.000000190. The number of hydrogen-bond acceptors (Lipinski definition) is 3. The van der Waals surface area contributed by atoms with Crippen molar-refractivity contribution in [3.63, 3.8) is 0 Å². The van der Waals surface area contributed by atoms with Crippen molar-refractivity contribution in [3.05, 3.63) is 142 Å². The summed E-state index contributed by atoms with van der Waals surface area (Å²) in [6.07, 6.45) is 2.43. The van der Waals surface area contributed by atoms with Gasteiger partial charge in [0.05, 0.1) is 10.0 Å². The summed E-state index contributed by atoms with van der Waals surface area (Å²) in [6.45, 7) is 0. The van der Waals surface area contributed by atoms with Crippen LogP contribution in [0.3, 0.4) is 0 Å². The molecule has 5 aromatic carbocycles. The van der Waals surface area contributed by atoms with Crippen molar-refractivity contribution in [3.8, 4) is 5.75 Å². The average Bonchev–Trinajstić information content (AvgIpc) is 3.04. The van der Waals surface area contributed by atoms with Crippen molar-refractivity contribution in [1.82, 2.24) is 0 Å². The largest absolute Gasteiger partial charge is 0.508 e. The first-order valence-corrected chi connectivity index (χ1v) is 15.3. The summed E-state index contributed by atoms with van der Waals surface area (Å²) in [6, 6.07) is 32.4. The van der Waals surface area contributed by atoms with E-state index in [1.807, 2.05) is 48.5 Å². The molecule has 4 nitrogen and oxygen atoms in total. The van der Waals surface area contributed by atoms with E-state index in [1.54, 1.807) is 12.1 Å². The fourth-order valence-electron chi connectivity index (χ4n) is 5.88. The van der Waals surface area contributed by atoms with E-state index in [1.165, 1.54) is 38.6 Å². The molecule has 0 saturated heterocycles. The van der Waals surface area contributed by atoms with Crippen molar-refractivity contribution in [2.24, 2.45) is 11.7 Å². The van der Waals surface area contributed by atoms with Crippen molar-refractivity contribution in [2.75, 3.05) is 0 Å². The van der Waals surface area contributed by atoms with E-state index in [9.17, 15) is 13.2 Å². The van der Waals surface area contributed by atoms with Crippen LogP contribution in [0.15, 0.2) is 115 Å². The number of fused-ring (bicyclic) bond motifs is 5. The maximum Gasteiger partial charge on any atom is 0.490 e. The first-order valence-electron chi connectivity index (χ1n) is 14.5. The van der Waals surface area contributed by atoms with Crippen LogP contribution in [0.25, 0.3) is 27.1 Å². The van der Waals surface area contributed by atoms with E-state index < -0.39 is 12.1 Å². The molecule has 2 aliphatic rings. The maximum absolute atomic E-state index is 10.6. The van der Waals surface area contributed by atoms with Gasteiger partial charge >= 0.3 is 12.1 Å². The molecule has 0 radical (unpaired) electrons. The van der Waals surface area contributed by atoms with Gasteiger partial charge < -0.3 is 15.9 Å². The molecule has 0 amide bonds. The number of nitrogens with two attached hydrogens (primary N) is 1. The minimum atomic E-state index is -5.08. The van der Waals surface area contributed by atoms with Crippen LogP contribution in [0, 0.1) is 5.92 Å². The second-order valence-corrected chi connectivity index (χ2v) is 11.9. The normalized spacial score (nSPS) is 16.9. The SMILES string of the molecule is NC1C2=C(C=CC1Cc1ccc(Cl)c(Cl)c1)c1ccc3ccccc3c1CC2.O=C(O)C(F)(F)F.Oc1ccc2ccccc2c1. The number of phenols is 1. The Hall–Kier alpha value is -4.30. The van der Waals surface area contributed by atoms with E-state index in [-0.39, 0.29) is 12.0 Å². The average molecular weight is 665 g/mol. The summed E-state index contributed by atoms with van der Waals surface area (Å²) < 4.78 is 31.7. The van der Waals surface area contributed by atoms with E-state index in [2.05, 4.69) is 48.6 Å². The zero-order valence-corrected chi connectivity index (χ0v) is 26.0. The number of carboxylic acids is 1. The molecule has 0 aromatic heterocycles. The molecule has 5 aromatic rings. The molecule has 0 saturated carbocycles. The maximum atomic E-state index is 10.6. The van der Waals surface area contributed by atoms with Crippen molar-refractivity contribution in [2.45, 2.75) is 31.5 Å². The highest BCUT2D eigenvalue weighted by Gasteiger charge is 2.38. The molecule has 9 heteroatoms. The molecule has 7 rings (SSSR count). The number of halogens is 5. The smallest absolute Gasteiger partial charge is 0.490 e. The topological polar surface area (TPSA) is 83.6 Å². The first kappa shape index (κ1) is 33.1. The molecule has 4 N–H and O–H groups in total. The lowest BCUT2D eigenvalue weighted by Crippen LogP contribution is -2.36. The third-order valence-corrected chi connectivity index (χ3v) is 8.86. The molecule has 0 spiro atoms. The summed E-state index contributed by atoms with van der Waals surface area (Å²) in [5.41, 5.74) is 13.4. The highest BCUT2D eigenvalue weighted by Crippen LogP contribution is 2.41. The molecule has 0 heterocycles. The number of aryl methyl sites for hydroxylation is 1. The van der Waals surface area contributed by atoms with E-state index in [0.717, 1.165) is 30.0 Å². The Morgan fingerprint density at radius 1 is 0.826 bits per heavy atom. The van der Waals surface area contributed by atoms with Crippen molar-refractivity contribution < 1.29 is 28.2 Å². The predicted octanol–water partition coefficient (Wildman–Crippen LogP) is 9.78. The number of aromatic hydroxyl groups is 1. The van der Waals surface area contributed by atoms with Gasteiger partial charge in [-0.15, -0.1) is 0 Å². The second-order valence-electron chi connectivity index (χ2n) is 11.1. The molecule has 0 aliphatic heterocycles. The van der Waals surface area contributed by atoms with Gasteiger partial charge in [-0.2, -0.15) is 13.2 Å². The van der Waals surface area contributed by atoms with Crippen molar-refractivity contribution >= 4 is 56.3 Å². The van der Waals surface area contributed by atoms with Gasteiger partial charge in [-0.25, -0.2) is 4.79 Å². The number of alkyl halides is 3. The predicted molar refractivity (Wildman–Crippen MR) is 179 cm³/mol. The van der Waals surface area contributed by atoms with E-state index in [0.29, 0.717) is 15.8 Å². The zero-order valence-electron chi connectivity index (χ0n) is 24.4. The van der Waals surface area contributed by atoms with Gasteiger partial charge in [-0.3, -0.25) is 0 Å². The number of rotatable bonds is 2. The van der Waals surface area contributed by atoms with Gasteiger partial charge in [0.15, 0.2) is 0 Å². The number of allylic oxidation sites excluding steroid dienone is 2. The number of carbonyl (C=O) groups is 1. The number of carboxylic acid groups (broad SMARTS) is 1. The van der Waals surface area contributed by atoms with Crippen LogP contribution in [0.2, 0.25) is 10.0 Å². The van der Waals surface area contributed by atoms with Crippen LogP contribution < -0.4 is 5.73 Å². The van der Waals surface area contributed by atoms with Crippen LogP contribution >= 0.6 is 23.2 Å². The molecular weight excluding hydrogens is 634 g/mol. The third-order valence-electron chi connectivity index (χ3n) is 8.13. The minimum absolute atomic E-state index is 0.0362. The Bertz CT molecular complexity index is 1970. The first-order chi connectivity index (χ1) is 21.9. The molecule has 0 fully saturated rings. The molecule has 46 heavy (non-hydrogen) atoms. The minimum Gasteiger partial charge on any atom is -0.508 e. The van der Waals surface area contributed by atoms with E-state index in [4.69, 9.17) is 43.9 Å². The van der Waals surface area contributed by atoms with Gasteiger partial charge in [-0.1, -0.05) is 108 Å². The highest BCUT2D eigenvalue weighted by molar-refractivity contribution is 6.42. The zero-order chi connectivity index (χ0) is 33.0. The van der Waals surface area contributed by atoms with Gasteiger partial charge in [0, 0.05) is 12.0 Å². The molecule has 236 valence electrons. The summed E-state index contributed by atoms with van der Waals surface area (Å²) in [4.78, 5) is 8.90. The van der Waals surface area contributed by atoms with E-state index >= 15 is 0 Å². The lowest BCUT2D eigenvalue weighted by Gasteiger charge is -2.33. The Morgan fingerprint density at radius 3 is 2.17 bits per heavy atom. The molecular formula is C37H30Cl2F3NO3. The monoisotopic (exact) mass is 663 g/mol. The third kappa shape index (κ3) is 7.56. The summed E-state index contributed by atoms with van der Waals surface area (Å²) in [7, 11) is 0. The molecule has 0 bridgehead atoms. The molecule has 2 aliphatic carbocycles. The Labute approximate surface area is 274 Å². The fraction of sp³-hybridized carbons (Fsp3) is 0.162. The van der Waals surface area contributed by atoms with Gasteiger partial charge in [0.25, 0.3) is 0 Å². The summed E-state index contributed by atoms with van der Waals surface area (Å²) in [5.74, 6) is -2.16. The number of phenolic OH excluding ortho intramolecular Hbond substituents is 1. The summed E-state index contributed by atoms with van der Waals surface area (Å²) >= 11 is 12.2. The summed E-state index contributed by atoms with van der Waals surface area (Å²) in [5, 5.41) is 22.4. The van der Waals surface area contributed by atoms with Crippen LogP contribution in [0.4, 0.5) is 13.2 Å². The number of benzene rings is 5. The van der Waals surface area contributed by atoms with Gasteiger partial charge in [0.1, 0.15) is 5.75 Å². The number of aliphatic carboxylic acids is 1. The molecule has 2 atom stereocenters. The van der Waals surface area contributed by atoms with Crippen molar-refractivity contribution in [1.29, 1.82) is 0 Å². The Kier molecular flexibility index (Phi) is 10.1. The number of hydrogen-bond donors (Lipinski definition) is 3. The standard InChI is InChI=1S/C25H21Cl2N.C10H8O.C2HF3O2/c26-23-12-5-15(14-24(23)27)13-17-7-9-21-20-8-6-16-3-1-2-4-18(16)19(20)10-11-22(21)25(17)28;11-10-6-5-8-3-1-2-4-9(8)7-10;3-2(4,5)1(6)7/h1-9,12,14,17,25H,10-11,13,28H2;1-7,11H;(H,6,7). The van der Waals surface area contributed by atoms with Gasteiger partial charge in [-0.05, 0) is 92.9 Å². The quantitative estimate of drug-likeness (QED) is 0.176. The molecule has 2 unspecified atom stereocenters. The highest BCUT2D eigenvalue weighted by atomic mass is 35.5. The van der Waals surface area contributed by atoms with Crippen LogP contribution in [0.1, 0.15) is 23.1 Å². The van der Waals surface area contributed by atoms with Crippen LogP contribution in [-0.4, -0.2) is 28.4 Å². The lowest BCUT2D eigenvalue weighted by molar-refractivity contribution is -0.192. The second kappa shape index (κ2) is 14.0. The lowest BCUT2D eigenvalue weighted by atomic mass is 9.73. The Morgan fingerprint density at radius 2 is 1.48 bits per heavy atom.